The average Bonchev–Trinajstić information content (AvgIpc) is 2.02. The summed E-state index contributed by atoms with van der Waals surface area (Å²) in [6.45, 7) is 10.1. The van der Waals surface area contributed by atoms with E-state index in [1.165, 1.54) is 12.0 Å². The molecule has 1 saturated carbocycles. The Morgan fingerprint density at radius 3 is 2.36 bits per heavy atom. The van der Waals surface area contributed by atoms with Gasteiger partial charge in [0.2, 0.25) is 0 Å². The van der Waals surface area contributed by atoms with Crippen molar-refractivity contribution in [3.8, 4) is 0 Å². The molecule has 1 heteroatoms. The molecule has 0 amide bonds. The second kappa shape index (κ2) is 5.48. The number of rotatable bonds is 0. The Labute approximate surface area is 75.7 Å². The van der Waals surface area contributed by atoms with Crippen molar-refractivity contribution < 1.29 is 0 Å². The standard InChI is InChI=1S/C8H12S.C2H6/c1-6-3-4-7(2)8(9)5-6;1-2/h6H,2-5H2,1H3;1-2H3. The smallest absolute Gasteiger partial charge is 0.0180 e. The normalized spacial score (nSPS) is 24.1. The molecular formula is C10H18S. The van der Waals surface area contributed by atoms with E-state index in [4.69, 9.17) is 12.2 Å². The van der Waals surface area contributed by atoms with E-state index in [1.807, 2.05) is 13.8 Å². The van der Waals surface area contributed by atoms with Crippen molar-refractivity contribution in [3.63, 3.8) is 0 Å². The van der Waals surface area contributed by atoms with E-state index >= 15 is 0 Å². The van der Waals surface area contributed by atoms with Gasteiger partial charge in [0.15, 0.2) is 0 Å². The highest BCUT2D eigenvalue weighted by molar-refractivity contribution is 7.80. The Morgan fingerprint density at radius 1 is 1.45 bits per heavy atom. The monoisotopic (exact) mass is 170 g/mol. The van der Waals surface area contributed by atoms with Gasteiger partial charge < -0.3 is 0 Å². The molecule has 1 unspecified atom stereocenters. The third-order valence-corrected chi connectivity index (χ3v) is 2.32. The zero-order valence-electron chi connectivity index (χ0n) is 7.81. The second-order valence-corrected chi connectivity index (χ2v) is 3.37. The summed E-state index contributed by atoms with van der Waals surface area (Å²) in [6.07, 6.45) is 3.49. The molecule has 0 bridgehead atoms. The van der Waals surface area contributed by atoms with E-state index < -0.39 is 0 Å². The fourth-order valence-corrected chi connectivity index (χ4v) is 1.51. The highest BCUT2D eigenvalue weighted by atomic mass is 32.1. The minimum atomic E-state index is 0.794. The lowest BCUT2D eigenvalue weighted by atomic mass is 9.88. The number of hydrogen-bond donors (Lipinski definition) is 0. The summed E-state index contributed by atoms with van der Waals surface area (Å²) >= 11 is 5.11. The van der Waals surface area contributed by atoms with Gasteiger partial charge in [-0.1, -0.05) is 39.6 Å². The Bertz CT molecular complexity index is 147. The van der Waals surface area contributed by atoms with Crippen LogP contribution in [0.25, 0.3) is 0 Å². The summed E-state index contributed by atoms with van der Waals surface area (Å²) in [7, 11) is 0. The van der Waals surface area contributed by atoms with Crippen molar-refractivity contribution in [3.05, 3.63) is 12.2 Å². The molecule has 0 aromatic rings. The van der Waals surface area contributed by atoms with E-state index in [-0.39, 0.29) is 0 Å². The Morgan fingerprint density at radius 2 is 2.00 bits per heavy atom. The molecular weight excluding hydrogens is 152 g/mol. The van der Waals surface area contributed by atoms with Gasteiger partial charge >= 0.3 is 0 Å². The van der Waals surface area contributed by atoms with Crippen LogP contribution in [-0.4, -0.2) is 4.86 Å². The molecule has 1 atom stereocenters. The van der Waals surface area contributed by atoms with E-state index in [0.717, 1.165) is 23.6 Å². The molecule has 1 aliphatic carbocycles. The predicted octanol–water partition coefficient (Wildman–Crippen LogP) is 3.76. The predicted molar refractivity (Wildman–Crippen MR) is 56.1 cm³/mol. The van der Waals surface area contributed by atoms with Gasteiger partial charge in [0.1, 0.15) is 0 Å². The van der Waals surface area contributed by atoms with Crippen LogP contribution in [0.3, 0.4) is 0 Å². The van der Waals surface area contributed by atoms with Gasteiger partial charge in [-0.15, -0.1) is 0 Å². The first kappa shape index (κ1) is 10.8. The number of thiocarbonyl (C=S) groups is 1. The van der Waals surface area contributed by atoms with Crippen LogP contribution in [0.5, 0.6) is 0 Å². The summed E-state index contributed by atoms with van der Waals surface area (Å²) in [6, 6.07) is 0. The maximum atomic E-state index is 5.11. The SMILES string of the molecule is C=C1CCC(C)CC1=S.CC. The van der Waals surface area contributed by atoms with Gasteiger partial charge in [0.25, 0.3) is 0 Å². The summed E-state index contributed by atoms with van der Waals surface area (Å²) in [4.78, 5) is 1.11. The molecule has 0 spiro atoms. The minimum Gasteiger partial charge on any atom is -0.0947 e. The first-order valence-electron chi connectivity index (χ1n) is 4.41. The maximum Gasteiger partial charge on any atom is 0.0180 e. The van der Waals surface area contributed by atoms with Crippen molar-refractivity contribution in [1.82, 2.24) is 0 Å². The first-order valence-corrected chi connectivity index (χ1v) is 4.82. The molecule has 0 saturated heterocycles. The maximum absolute atomic E-state index is 5.11. The Hall–Kier alpha value is -0.170. The van der Waals surface area contributed by atoms with Crippen LogP contribution in [-0.2, 0) is 0 Å². The highest BCUT2D eigenvalue weighted by Gasteiger charge is 2.14. The van der Waals surface area contributed by atoms with Gasteiger partial charge in [-0.2, -0.15) is 0 Å². The molecule has 0 aromatic carbocycles. The van der Waals surface area contributed by atoms with Gasteiger partial charge in [-0.3, -0.25) is 0 Å². The fraction of sp³-hybridized carbons (Fsp3) is 0.700. The lowest BCUT2D eigenvalue weighted by Crippen LogP contribution is -2.12. The van der Waals surface area contributed by atoms with Crippen LogP contribution in [0.2, 0.25) is 0 Å². The second-order valence-electron chi connectivity index (χ2n) is 2.87. The van der Waals surface area contributed by atoms with Crippen molar-refractivity contribution in [2.45, 2.75) is 40.0 Å². The van der Waals surface area contributed by atoms with Crippen LogP contribution in [0, 0.1) is 5.92 Å². The summed E-state index contributed by atoms with van der Waals surface area (Å²) in [5.74, 6) is 0.794. The average molecular weight is 170 g/mol. The lowest BCUT2D eigenvalue weighted by Gasteiger charge is -2.19. The van der Waals surface area contributed by atoms with E-state index in [0.29, 0.717) is 0 Å². The summed E-state index contributed by atoms with van der Waals surface area (Å²) in [5, 5.41) is 0. The molecule has 0 radical (unpaired) electrons. The summed E-state index contributed by atoms with van der Waals surface area (Å²) in [5.41, 5.74) is 1.20. The van der Waals surface area contributed by atoms with Crippen LogP contribution in [0.15, 0.2) is 12.2 Å². The molecule has 1 rings (SSSR count). The zero-order valence-corrected chi connectivity index (χ0v) is 8.63. The lowest BCUT2D eigenvalue weighted by molar-refractivity contribution is 0.539. The molecule has 0 aromatic heterocycles. The zero-order chi connectivity index (χ0) is 8.85. The highest BCUT2D eigenvalue weighted by Crippen LogP contribution is 2.24. The molecule has 0 heterocycles. The number of allylic oxidation sites excluding steroid dienone is 1. The Balaban J connectivity index is 0.000000461. The first-order chi connectivity index (χ1) is 5.20. The van der Waals surface area contributed by atoms with Crippen molar-refractivity contribution >= 4 is 17.1 Å². The quantitative estimate of drug-likeness (QED) is 0.394. The molecule has 11 heavy (non-hydrogen) atoms. The largest absolute Gasteiger partial charge is 0.0947 e. The molecule has 0 N–H and O–H groups in total. The molecule has 64 valence electrons. The van der Waals surface area contributed by atoms with Gasteiger partial charge in [0.05, 0.1) is 0 Å². The fourth-order valence-electron chi connectivity index (χ4n) is 1.12. The van der Waals surface area contributed by atoms with Crippen LogP contribution >= 0.6 is 12.2 Å². The van der Waals surface area contributed by atoms with E-state index in [9.17, 15) is 0 Å². The molecule has 1 fully saturated rings. The minimum absolute atomic E-state index is 0.794. The van der Waals surface area contributed by atoms with Crippen molar-refractivity contribution in [2.24, 2.45) is 5.92 Å². The van der Waals surface area contributed by atoms with E-state index in [1.54, 1.807) is 0 Å². The molecule has 1 aliphatic rings. The summed E-state index contributed by atoms with van der Waals surface area (Å²) < 4.78 is 0. The number of hydrogen-bond acceptors (Lipinski definition) is 1. The Kier molecular flexibility index (Phi) is 5.39. The van der Waals surface area contributed by atoms with Gasteiger partial charge in [0, 0.05) is 4.86 Å². The van der Waals surface area contributed by atoms with Gasteiger partial charge in [-0.25, -0.2) is 0 Å². The van der Waals surface area contributed by atoms with E-state index in [2.05, 4.69) is 13.5 Å². The van der Waals surface area contributed by atoms with Crippen LogP contribution in [0.1, 0.15) is 40.0 Å². The molecule has 0 aliphatic heterocycles. The van der Waals surface area contributed by atoms with Crippen molar-refractivity contribution in [2.75, 3.05) is 0 Å². The van der Waals surface area contributed by atoms with Crippen LogP contribution < -0.4 is 0 Å². The van der Waals surface area contributed by atoms with Crippen LogP contribution in [0.4, 0.5) is 0 Å². The van der Waals surface area contributed by atoms with Crippen molar-refractivity contribution in [1.29, 1.82) is 0 Å². The topological polar surface area (TPSA) is 0 Å². The molecule has 0 nitrogen and oxygen atoms in total. The third kappa shape index (κ3) is 3.66. The van der Waals surface area contributed by atoms with Gasteiger partial charge in [-0.05, 0) is 30.8 Å². The third-order valence-electron chi connectivity index (χ3n) is 1.87.